The van der Waals surface area contributed by atoms with Crippen molar-refractivity contribution in [1.29, 1.82) is 5.26 Å². The SMILES string of the molecule is N#C/C(=C/c1ccc(I)o1)c1cccc(Cl)c1. The van der Waals surface area contributed by atoms with Gasteiger partial charge in [0.2, 0.25) is 0 Å². The maximum Gasteiger partial charge on any atom is 0.164 e. The fourth-order valence-corrected chi connectivity index (χ4v) is 2.01. The molecule has 84 valence electrons. The molecule has 17 heavy (non-hydrogen) atoms. The summed E-state index contributed by atoms with van der Waals surface area (Å²) in [6, 6.07) is 13.0. The predicted octanol–water partition coefficient (Wildman–Crippen LogP) is 4.60. The number of rotatable bonds is 2. The van der Waals surface area contributed by atoms with Crippen LogP contribution in [-0.4, -0.2) is 0 Å². The Labute approximate surface area is 118 Å². The van der Waals surface area contributed by atoms with Crippen molar-refractivity contribution in [3.63, 3.8) is 0 Å². The van der Waals surface area contributed by atoms with Crippen LogP contribution in [0.1, 0.15) is 11.3 Å². The minimum Gasteiger partial charge on any atom is -0.451 e. The van der Waals surface area contributed by atoms with Crippen LogP contribution in [0.5, 0.6) is 0 Å². The van der Waals surface area contributed by atoms with Crippen molar-refractivity contribution in [2.24, 2.45) is 0 Å². The Morgan fingerprint density at radius 2 is 2.18 bits per heavy atom. The maximum atomic E-state index is 9.13. The summed E-state index contributed by atoms with van der Waals surface area (Å²) in [5.74, 6) is 0.658. The highest BCUT2D eigenvalue weighted by Crippen LogP contribution is 2.22. The fourth-order valence-electron chi connectivity index (χ4n) is 1.38. The van der Waals surface area contributed by atoms with E-state index in [4.69, 9.17) is 21.3 Å². The molecule has 0 unspecified atom stereocenters. The van der Waals surface area contributed by atoms with Crippen molar-refractivity contribution in [1.82, 2.24) is 0 Å². The first-order chi connectivity index (χ1) is 8.19. The van der Waals surface area contributed by atoms with Gasteiger partial charge in [0.1, 0.15) is 5.76 Å². The highest BCUT2D eigenvalue weighted by molar-refractivity contribution is 14.1. The van der Waals surface area contributed by atoms with E-state index in [0.29, 0.717) is 16.4 Å². The number of nitriles is 1. The van der Waals surface area contributed by atoms with Crippen molar-refractivity contribution in [3.05, 3.63) is 56.5 Å². The van der Waals surface area contributed by atoms with Gasteiger partial charge in [-0.25, -0.2) is 0 Å². The van der Waals surface area contributed by atoms with E-state index >= 15 is 0 Å². The summed E-state index contributed by atoms with van der Waals surface area (Å²) in [6.07, 6.45) is 1.70. The summed E-state index contributed by atoms with van der Waals surface area (Å²) in [6.45, 7) is 0. The van der Waals surface area contributed by atoms with E-state index in [-0.39, 0.29) is 0 Å². The molecule has 0 atom stereocenters. The monoisotopic (exact) mass is 355 g/mol. The smallest absolute Gasteiger partial charge is 0.164 e. The van der Waals surface area contributed by atoms with Gasteiger partial charge in [-0.3, -0.25) is 0 Å². The van der Waals surface area contributed by atoms with Gasteiger partial charge in [0.15, 0.2) is 3.77 Å². The zero-order chi connectivity index (χ0) is 12.3. The number of furan rings is 1. The van der Waals surface area contributed by atoms with Gasteiger partial charge in [-0.15, -0.1) is 0 Å². The van der Waals surface area contributed by atoms with E-state index < -0.39 is 0 Å². The molecule has 1 aromatic carbocycles. The molecule has 0 N–H and O–H groups in total. The van der Waals surface area contributed by atoms with Crippen molar-refractivity contribution < 1.29 is 4.42 Å². The van der Waals surface area contributed by atoms with Crippen LogP contribution in [-0.2, 0) is 0 Å². The summed E-state index contributed by atoms with van der Waals surface area (Å²) in [5.41, 5.74) is 1.31. The first-order valence-corrected chi connectivity index (χ1v) is 6.28. The van der Waals surface area contributed by atoms with E-state index in [1.165, 1.54) is 0 Å². The molecule has 2 rings (SSSR count). The van der Waals surface area contributed by atoms with Crippen LogP contribution < -0.4 is 0 Å². The van der Waals surface area contributed by atoms with Gasteiger partial charge in [-0.2, -0.15) is 5.26 Å². The Morgan fingerprint density at radius 1 is 1.35 bits per heavy atom. The molecule has 0 spiro atoms. The van der Waals surface area contributed by atoms with E-state index in [1.807, 2.05) is 24.3 Å². The molecule has 0 bridgehead atoms. The van der Waals surface area contributed by atoms with Gasteiger partial charge in [0, 0.05) is 5.02 Å². The Bertz CT molecular complexity index is 610. The summed E-state index contributed by atoms with van der Waals surface area (Å²) in [7, 11) is 0. The Hall–Kier alpha value is -1.25. The fraction of sp³-hybridized carbons (Fsp3) is 0. The van der Waals surface area contributed by atoms with Gasteiger partial charge < -0.3 is 4.42 Å². The third kappa shape index (κ3) is 3.11. The third-order valence-electron chi connectivity index (χ3n) is 2.14. The summed E-state index contributed by atoms with van der Waals surface area (Å²) in [4.78, 5) is 0. The lowest BCUT2D eigenvalue weighted by Crippen LogP contribution is -1.80. The normalized spacial score (nSPS) is 11.2. The quantitative estimate of drug-likeness (QED) is 0.583. The van der Waals surface area contributed by atoms with E-state index in [0.717, 1.165) is 9.33 Å². The van der Waals surface area contributed by atoms with Crippen molar-refractivity contribution in [2.75, 3.05) is 0 Å². The average molecular weight is 356 g/mol. The molecule has 0 aliphatic heterocycles. The number of allylic oxidation sites excluding steroid dienone is 1. The third-order valence-corrected chi connectivity index (χ3v) is 2.95. The summed E-state index contributed by atoms with van der Waals surface area (Å²) < 4.78 is 6.18. The van der Waals surface area contributed by atoms with Crippen LogP contribution >= 0.6 is 34.2 Å². The van der Waals surface area contributed by atoms with E-state index in [1.54, 1.807) is 18.2 Å². The topological polar surface area (TPSA) is 36.9 Å². The molecular weight excluding hydrogens is 349 g/mol. The molecular formula is C13H7ClINO. The number of benzene rings is 1. The molecule has 0 fully saturated rings. The lowest BCUT2D eigenvalue weighted by molar-refractivity contribution is 0.528. The van der Waals surface area contributed by atoms with Gasteiger partial charge in [0.25, 0.3) is 0 Å². The van der Waals surface area contributed by atoms with E-state index in [9.17, 15) is 0 Å². The minimum absolute atomic E-state index is 0.526. The van der Waals surface area contributed by atoms with E-state index in [2.05, 4.69) is 28.7 Å². The zero-order valence-corrected chi connectivity index (χ0v) is 11.6. The molecule has 1 heterocycles. The van der Waals surface area contributed by atoms with Crippen molar-refractivity contribution in [3.8, 4) is 6.07 Å². The van der Waals surface area contributed by atoms with Gasteiger partial charge >= 0.3 is 0 Å². The van der Waals surface area contributed by atoms with Crippen LogP contribution in [0.4, 0.5) is 0 Å². The van der Waals surface area contributed by atoms with Gasteiger partial charge in [-0.1, -0.05) is 23.7 Å². The second-order valence-electron chi connectivity index (χ2n) is 3.32. The molecule has 2 nitrogen and oxygen atoms in total. The number of nitrogens with zero attached hydrogens (tertiary/aromatic N) is 1. The summed E-state index contributed by atoms with van der Waals surface area (Å²) >= 11 is 7.97. The number of hydrogen-bond acceptors (Lipinski definition) is 2. The number of halogens is 2. The molecule has 0 radical (unpaired) electrons. The highest BCUT2D eigenvalue weighted by Gasteiger charge is 2.03. The van der Waals surface area contributed by atoms with Crippen LogP contribution in [0.25, 0.3) is 11.6 Å². The molecule has 0 saturated heterocycles. The molecule has 1 aromatic heterocycles. The number of hydrogen-bond donors (Lipinski definition) is 0. The molecule has 0 aliphatic rings. The molecule has 2 aromatic rings. The van der Waals surface area contributed by atoms with Crippen LogP contribution in [0.2, 0.25) is 5.02 Å². The predicted molar refractivity (Wildman–Crippen MR) is 76.4 cm³/mol. The molecule has 0 saturated carbocycles. The molecule has 4 heteroatoms. The van der Waals surface area contributed by atoms with Crippen molar-refractivity contribution >= 4 is 45.8 Å². The Kier molecular flexibility index (Phi) is 3.87. The first-order valence-electron chi connectivity index (χ1n) is 4.82. The minimum atomic E-state index is 0.526. The van der Waals surface area contributed by atoms with Crippen LogP contribution in [0, 0.1) is 15.1 Å². The summed E-state index contributed by atoms with van der Waals surface area (Å²) in [5, 5.41) is 9.74. The lowest BCUT2D eigenvalue weighted by atomic mass is 10.1. The van der Waals surface area contributed by atoms with Gasteiger partial charge in [-0.05, 0) is 58.5 Å². The zero-order valence-electron chi connectivity index (χ0n) is 8.65. The van der Waals surface area contributed by atoms with Crippen molar-refractivity contribution in [2.45, 2.75) is 0 Å². The standard InChI is InChI=1S/C13H7ClINO/c14-11-3-1-2-9(6-11)10(8-16)7-12-4-5-13(15)17-12/h1-7H/b10-7-. The molecule has 0 aliphatic carbocycles. The van der Waals surface area contributed by atoms with Gasteiger partial charge in [0.05, 0.1) is 11.6 Å². The van der Waals surface area contributed by atoms with Crippen LogP contribution in [0.3, 0.4) is 0 Å². The Morgan fingerprint density at radius 3 is 2.76 bits per heavy atom. The lowest BCUT2D eigenvalue weighted by Gasteiger charge is -1.98. The largest absolute Gasteiger partial charge is 0.451 e. The highest BCUT2D eigenvalue weighted by atomic mass is 127. The maximum absolute atomic E-state index is 9.13. The first kappa shape index (κ1) is 12.2. The Balaban J connectivity index is 2.41. The average Bonchev–Trinajstić information content (AvgIpc) is 2.72. The molecule has 0 amide bonds. The van der Waals surface area contributed by atoms with Crippen LogP contribution in [0.15, 0.2) is 40.8 Å². The second kappa shape index (κ2) is 5.39. The second-order valence-corrected chi connectivity index (χ2v) is 4.82.